The van der Waals surface area contributed by atoms with E-state index in [1.807, 2.05) is 18.3 Å². The van der Waals surface area contributed by atoms with Crippen LogP contribution >= 0.6 is 11.3 Å². The van der Waals surface area contributed by atoms with Gasteiger partial charge >= 0.3 is 0 Å². The van der Waals surface area contributed by atoms with Gasteiger partial charge in [0.15, 0.2) is 0 Å². The lowest BCUT2D eigenvalue weighted by Gasteiger charge is -2.24. The molecule has 0 aliphatic heterocycles. The highest BCUT2D eigenvalue weighted by Gasteiger charge is 2.13. The van der Waals surface area contributed by atoms with Crippen LogP contribution in [-0.2, 0) is 6.54 Å². The zero-order chi connectivity index (χ0) is 13.8. The molecule has 0 aliphatic rings. The largest absolute Gasteiger partial charge is 0.366 e. The van der Waals surface area contributed by atoms with Gasteiger partial charge in [-0.3, -0.25) is 14.7 Å². The monoisotopic (exact) mass is 275 g/mol. The molecule has 4 nitrogen and oxygen atoms in total. The average molecular weight is 275 g/mol. The van der Waals surface area contributed by atoms with Crippen LogP contribution in [-0.4, -0.2) is 22.8 Å². The number of hydrogen-bond donors (Lipinski definition) is 1. The van der Waals surface area contributed by atoms with Gasteiger partial charge in [0, 0.05) is 35.2 Å². The number of hydrogen-bond acceptors (Lipinski definition) is 4. The summed E-state index contributed by atoms with van der Waals surface area (Å²) in [4.78, 5) is 18.5. The van der Waals surface area contributed by atoms with Gasteiger partial charge in [-0.25, -0.2) is 0 Å². The van der Waals surface area contributed by atoms with Crippen molar-refractivity contribution in [1.82, 2.24) is 9.88 Å². The van der Waals surface area contributed by atoms with E-state index in [1.54, 1.807) is 22.9 Å². The molecule has 2 aromatic heterocycles. The van der Waals surface area contributed by atoms with Crippen molar-refractivity contribution >= 4 is 17.2 Å². The predicted octanol–water partition coefficient (Wildman–Crippen LogP) is 2.44. The molecule has 0 aromatic carbocycles. The summed E-state index contributed by atoms with van der Waals surface area (Å²) in [7, 11) is 2.06. The van der Waals surface area contributed by atoms with Crippen LogP contribution in [0.4, 0.5) is 0 Å². The summed E-state index contributed by atoms with van der Waals surface area (Å²) >= 11 is 1.56. The molecule has 2 aromatic rings. The third kappa shape index (κ3) is 3.39. The van der Waals surface area contributed by atoms with Gasteiger partial charge in [-0.05, 0) is 31.7 Å². The van der Waals surface area contributed by atoms with E-state index in [9.17, 15) is 4.79 Å². The molecule has 0 aliphatic carbocycles. The highest BCUT2D eigenvalue weighted by molar-refractivity contribution is 7.10. The molecule has 0 saturated heterocycles. The smallest absolute Gasteiger partial charge is 0.249 e. The molecule has 2 heterocycles. The van der Waals surface area contributed by atoms with Crippen molar-refractivity contribution in [2.75, 3.05) is 7.05 Å². The summed E-state index contributed by atoms with van der Waals surface area (Å²) < 4.78 is 0. The Labute approximate surface area is 116 Å². The van der Waals surface area contributed by atoms with E-state index in [4.69, 9.17) is 5.73 Å². The standard InChI is InChI=1S/C14H17N3OS/c1-10(11-4-3-5-16-7-11)17(2)8-13-6-12(9-19-13)14(15)18/h3-7,9-10H,8H2,1-2H3,(H2,15,18)/t10-/m0/s1. The van der Waals surface area contributed by atoms with Crippen molar-refractivity contribution < 1.29 is 4.79 Å². The number of nitrogens with two attached hydrogens (primary N) is 1. The zero-order valence-corrected chi connectivity index (χ0v) is 11.9. The number of thiophene rings is 1. The predicted molar refractivity (Wildman–Crippen MR) is 77.0 cm³/mol. The Morgan fingerprint density at radius 1 is 1.58 bits per heavy atom. The van der Waals surface area contributed by atoms with E-state index in [2.05, 4.69) is 29.9 Å². The van der Waals surface area contributed by atoms with Crippen molar-refractivity contribution in [3.8, 4) is 0 Å². The maximum absolute atomic E-state index is 11.1. The van der Waals surface area contributed by atoms with E-state index in [0.29, 0.717) is 5.56 Å². The Balaban J connectivity index is 2.04. The zero-order valence-electron chi connectivity index (χ0n) is 11.0. The number of primary amides is 1. The first-order valence-electron chi connectivity index (χ1n) is 6.05. The van der Waals surface area contributed by atoms with Crippen LogP contribution in [0.5, 0.6) is 0 Å². The van der Waals surface area contributed by atoms with Crippen LogP contribution in [0.25, 0.3) is 0 Å². The Hall–Kier alpha value is -1.72. The van der Waals surface area contributed by atoms with E-state index in [0.717, 1.165) is 11.4 Å². The second kappa shape index (κ2) is 5.95. The second-order valence-corrected chi connectivity index (χ2v) is 5.54. The first kappa shape index (κ1) is 13.7. The normalized spacial score (nSPS) is 12.6. The third-order valence-electron chi connectivity index (χ3n) is 3.17. The molecule has 1 amide bonds. The number of aromatic nitrogens is 1. The lowest BCUT2D eigenvalue weighted by molar-refractivity contribution is 0.100. The van der Waals surface area contributed by atoms with Gasteiger partial charge in [0.05, 0.1) is 5.56 Å². The number of pyridine rings is 1. The molecule has 1 atom stereocenters. The highest BCUT2D eigenvalue weighted by atomic mass is 32.1. The number of rotatable bonds is 5. The van der Waals surface area contributed by atoms with Gasteiger partial charge in [-0.1, -0.05) is 6.07 Å². The topological polar surface area (TPSA) is 59.2 Å². The summed E-state index contributed by atoms with van der Waals surface area (Å²) in [5.41, 5.74) is 7.02. The quantitative estimate of drug-likeness (QED) is 0.911. The first-order valence-corrected chi connectivity index (χ1v) is 6.93. The van der Waals surface area contributed by atoms with Gasteiger partial charge in [-0.15, -0.1) is 11.3 Å². The number of carbonyl (C=O) groups excluding carboxylic acids is 1. The fourth-order valence-electron chi connectivity index (χ4n) is 1.85. The summed E-state index contributed by atoms with van der Waals surface area (Å²) in [5, 5.41) is 1.81. The van der Waals surface area contributed by atoms with E-state index in [1.165, 1.54) is 5.56 Å². The summed E-state index contributed by atoms with van der Waals surface area (Å²) in [6.45, 7) is 2.92. The Bertz CT molecular complexity index is 553. The van der Waals surface area contributed by atoms with Crippen LogP contribution in [0.3, 0.4) is 0 Å². The molecule has 19 heavy (non-hydrogen) atoms. The highest BCUT2D eigenvalue weighted by Crippen LogP contribution is 2.22. The summed E-state index contributed by atoms with van der Waals surface area (Å²) in [6, 6.07) is 6.14. The van der Waals surface area contributed by atoms with Crippen LogP contribution in [0.15, 0.2) is 36.0 Å². The number of nitrogens with zero attached hydrogens (tertiary/aromatic N) is 2. The molecule has 5 heteroatoms. The minimum atomic E-state index is -0.370. The molecule has 2 N–H and O–H groups in total. The minimum absolute atomic E-state index is 0.271. The number of amides is 1. The van der Waals surface area contributed by atoms with Crippen LogP contribution in [0, 0.1) is 0 Å². The van der Waals surface area contributed by atoms with Crippen LogP contribution in [0.1, 0.15) is 33.8 Å². The van der Waals surface area contributed by atoms with Gasteiger partial charge in [0.2, 0.25) is 5.91 Å². The van der Waals surface area contributed by atoms with Crippen molar-refractivity contribution in [3.05, 3.63) is 52.0 Å². The lowest BCUT2D eigenvalue weighted by Crippen LogP contribution is -2.21. The van der Waals surface area contributed by atoms with E-state index < -0.39 is 0 Å². The van der Waals surface area contributed by atoms with Gasteiger partial charge in [-0.2, -0.15) is 0 Å². The Kier molecular flexibility index (Phi) is 4.29. The second-order valence-electron chi connectivity index (χ2n) is 4.54. The molecular weight excluding hydrogens is 258 g/mol. The van der Waals surface area contributed by atoms with Crippen LogP contribution < -0.4 is 5.73 Å². The molecule has 0 bridgehead atoms. The molecular formula is C14H17N3OS. The average Bonchev–Trinajstić information content (AvgIpc) is 2.87. The van der Waals surface area contributed by atoms with E-state index >= 15 is 0 Å². The van der Waals surface area contributed by atoms with Gasteiger partial charge in [0.1, 0.15) is 0 Å². The van der Waals surface area contributed by atoms with Crippen molar-refractivity contribution in [2.24, 2.45) is 5.73 Å². The first-order chi connectivity index (χ1) is 9.08. The van der Waals surface area contributed by atoms with E-state index in [-0.39, 0.29) is 11.9 Å². The molecule has 0 radical (unpaired) electrons. The third-order valence-corrected chi connectivity index (χ3v) is 4.09. The molecule has 100 valence electrons. The minimum Gasteiger partial charge on any atom is -0.366 e. The molecule has 0 saturated carbocycles. The number of carbonyl (C=O) groups is 1. The fraction of sp³-hybridized carbons (Fsp3) is 0.286. The lowest BCUT2D eigenvalue weighted by atomic mass is 10.1. The molecule has 0 unspecified atom stereocenters. The maximum atomic E-state index is 11.1. The van der Waals surface area contributed by atoms with Crippen molar-refractivity contribution in [3.63, 3.8) is 0 Å². The van der Waals surface area contributed by atoms with Crippen molar-refractivity contribution in [2.45, 2.75) is 19.5 Å². The molecule has 2 rings (SSSR count). The SMILES string of the molecule is C[C@@H](c1cccnc1)N(C)Cc1cc(C(N)=O)cs1. The van der Waals surface area contributed by atoms with Crippen molar-refractivity contribution in [1.29, 1.82) is 0 Å². The summed E-state index contributed by atoms with van der Waals surface area (Å²) in [5.74, 6) is -0.370. The fourth-order valence-corrected chi connectivity index (χ4v) is 2.79. The van der Waals surface area contributed by atoms with Crippen LogP contribution in [0.2, 0.25) is 0 Å². The Morgan fingerprint density at radius 2 is 2.37 bits per heavy atom. The van der Waals surface area contributed by atoms with Gasteiger partial charge in [0.25, 0.3) is 0 Å². The summed E-state index contributed by atoms with van der Waals surface area (Å²) in [6.07, 6.45) is 3.65. The molecule has 0 spiro atoms. The maximum Gasteiger partial charge on any atom is 0.249 e. The van der Waals surface area contributed by atoms with Gasteiger partial charge < -0.3 is 5.73 Å². The molecule has 0 fully saturated rings. The Morgan fingerprint density at radius 3 is 2.95 bits per heavy atom.